The van der Waals surface area contributed by atoms with Crippen LogP contribution in [0.25, 0.3) is 0 Å². The van der Waals surface area contributed by atoms with Gasteiger partial charge in [0.15, 0.2) is 0 Å². The highest BCUT2D eigenvalue weighted by atomic mass is 16.6. The van der Waals surface area contributed by atoms with Crippen molar-refractivity contribution in [3.05, 3.63) is 28.6 Å². The van der Waals surface area contributed by atoms with Gasteiger partial charge in [-0.15, -0.1) is 0 Å². The van der Waals surface area contributed by atoms with Gasteiger partial charge in [0.2, 0.25) is 0 Å². The van der Waals surface area contributed by atoms with Crippen molar-refractivity contribution >= 4 is 11.4 Å². The molecule has 0 aromatic carbocycles. The van der Waals surface area contributed by atoms with Crippen molar-refractivity contribution in [2.24, 2.45) is 0 Å². The molecule has 86 valence electrons. The molecule has 1 aliphatic heterocycles. The van der Waals surface area contributed by atoms with Crippen molar-refractivity contribution in [1.29, 1.82) is 0 Å². The number of nitrogens with one attached hydrogen (secondary N) is 1. The van der Waals surface area contributed by atoms with E-state index >= 15 is 0 Å². The molecule has 1 fully saturated rings. The molecule has 0 amide bonds. The van der Waals surface area contributed by atoms with Gasteiger partial charge in [0, 0.05) is 25.4 Å². The highest BCUT2D eigenvalue weighted by Gasteiger charge is 2.16. The Kier molecular flexibility index (Phi) is 3.31. The first-order chi connectivity index (χ1) is 7.77. The van der Waals surface area contributed by atoms with Crippen LogP contribution in [0, 0.1) is 10.1 Å². The number of rotatable bonds is 3. The van der Waals surface area contributed by atoms with Gasteiger partial charge in [0.05, 0.1) is 11.1 Å². The molecule has 0 aliphatic carbocycles. The van der Waals surface area contributed by atoms with E-state index < -0.39 is 4.92 Å². The molecule has 0 saturated carbocycles. The number of piperidine rings is 1. The first kappa shape index (κ1) is 10.8. The van der Waals surface area contributed by atoms with E-state index in [0.717, 1.165) is 25.9 Å². The number of hydrogen-bond donors (Lipinski definition) is 1. The van der Waals surface area contributed by atoms with Gasteiger partial charge in [0.25, 0.3) is 5.69 Å². The van der Waals surface area contributed by atoms with Crippen LogP contribution in [-0.2, 0) is 0 Å². The molecular weight excluding hydrogens is 208 g/mol. The van der Waals surface area contributed by atoms with Crippen molar-refractivity contribution in [3.8, 4) is 0 Å². The van der Waals surface area contributed by atoms with Crippen LogP contribution in [0.5, 0.6) is 0 Å². The molecule has 0 bridgehead atoms. The Labute approximate surface area is 93.4 Å². The van der Waals surface area contributed by atoms with E-state index in [1.807, 2.05) is 5.01 Å². The molecule has 1 aliphatic rings. The predicted octanol–water partition coefficient (Wildman–Crippen LogP) is 1.80. The van der Waals surface area contributed by atoms with Gasteiger partial charge in [-0.05, 0) is 12.8 Å². The maximum absolute atomic E-state index is 10.8. The van der Waals surface area contributed by atoms with Crippen LogP contribution in [0.15, 0.2) is 18.5 Å². The van der Waals surface area contributed by atoms with Gasteiger partial charge in [-0.1, -0.05) is 6.42 Å². The number of anilines is 1. The molecule has 1 N–H and O–H groups in total. The molecule has 2 rings (SSSR count). The van der Waals surface area contributed by atoms with Crippen molar-refractivity contribution in [2.45, 2.75) is 19.3 Å². The first-order valence-corrected chi connectivity index (χ1v) is 5.37. The van der Waals surface area contributed by atoms with Gasteiger partial charge >= 0.3 is 0 Å². The summed E-state index contributed by atoms with van der Waals surface area (Å²) in [7, 11) is 0. The molecule has 1 aromatic rings. The zero-order valence-electron chi connectivity index (χ0n) is 8.93. The molecule has 1 aromatic heterocycles. The lowest BCUT2D eigenvalue weighted by Gasteiger charge is -2.27. The van der Waals surface area contributed by atoms with Crippen molar-refractivity contribution in [2.75, 3.05) is 18.5 Å². The Hall–Kier alpha value is -1.69. The number of aromatic nitrogens is 1. The SMILES string of the molecule is O=[N+]([O-])c1ccncc1NN1CCCCC1. The van der Waals surface area contributed by atoms with Crippen LogP contribution in [0.2, 0.25) is 0 Å². The Bertz CT molecular complexity index is 377. The molecule has 6 heteroatoms. The van der Waals surface area contributed by atoms with Crippen molar-refractivity contribution < 1.29 is 4.92 Å². The summed E-state index contributed by atoms with van der Waals surface area (Å²) in [6, 6.07) is 1.41. The van der Waals surface area contributed by atoms with E-state index in [-0.39, 0.29) is 5.69 Å². The number of nitro groups is 1. The fourth-order valence-corrected chi connectivity index (χ4v) is 1.81. The minimum atomic E-state index is -0.395. The second-order valence-electron chi connectivity index (χ2n) is 3.81. The molecule has 16 heavy (non-hydrogen) atoms. The fourth-order valence-electron chi connectivity index (χ4n) is 1.81. The third-order valence-corrected chi connectivity index (χ3v) is 2.63. The van der Waals surface area contributed by atoms with Gasteiger partial charge in [-0.2, -0.15) is 0 Å². The lowest BCUT2D eigenvalue weighted by molar-refractivity contribution is -0.384. The van der Waals surface area contributed by atoms with E-state index in [1.165, 1.54) is 24.9 Å². The van der Waals surface area contributed by atoms with Crippen molar-refractivity contribution in [1.82, 2.24) is 9.99 Å². The summed E-state index contributed by atoms with van der Waals surface area (Å²) in [5.41, 5.74) is 3.60. The number of nitrogens with zero attached hydrogens (tertiary/aromatic N) is 3. The van der Waals surface area contributed by atoms with Crippen LogP contribution in [-0.4, -0.2) is 28.0 Å². The molecule has 6 nitrogen and oxygen atoms in total. The summed E-state index contributed by atoms with van der Waals surface area (Å²) >= 11 is 0. The smallest absolute Gasteiger partial charge is 0.296 e. The summed E-state index contributed by atoms with van der Waals surface area (Å²) < 4.78 is 0. The van der Waals surface area contributed by atoms with Gasteiger partial charge in [0.1, 0.15) is 5.69 Å². The lowest BCUT2D eigenvalue weighted by atomic mass is 10.2. The number of pyridine rings is 1. The average molecular weight is 222 g/mol. The van der Waals surface area contributed by atoms with E-state index in [2.05, 4.69) is 10.4 Å². The van der Waals surface area contributed by atoms with Crippen LogP contribution < -0.4 is 5.43 Å². The molecule has 2 heterocycles. The second kappa shape index (κ2) is 4.89. The fraction of sp³-hybridized carbons (Fsp3) is 0.500. The van der Waals surface area contributed by atoms with Crippen LogP contribution in [0.4, 0.5) is 11.4 Å². The highest BCUT2D eigenvalue weighted by molar-refractivity contribution is 5.58. The van der Waals surface area contributed by atoms with E-state index in [0.29, 0.717) is 5.69 Å². The first-order valence-electron chi connectivity index (χ1n) is 5.37. The second-order valence-corrected chi connectivity index (χ2v) is 3.81. The van der Waals surface area contributed by atoms with Crippen molar-refractivity contribution in [3.63, 3.8) is 0 Å². The number of hydrogen-bond acceptors (Lipinski definition) is 5. The Morgan fingerprint density at radius 3 is 2.81 bits per heavy atom. The summed E-state index contributed by atoms with van der Waals surface area (Å²) in [6.45, 7) is 1.85. The normalized spacial score (nSPS) is 17.0. The van der Waals surface area contributed by atoms with E-state index in [9.17, 15) is 10.1 Å². The van der Waals surface area contributed by atoms with E-state index in [1.54, 1.807) is 0 Å². The molecular formula is C10H14N4O2. The van der Waals surface area contributed by atoms with E-state index in [4.69, 9.17) is 0 Å². The summed E-state index contributed by atoms with van der Waals surface area (Å²) in [4.78, 5) is 14.3. The quantitative estimate of drug-likeness (QED) is 0.623. The van der Waals surface area contributed by atoms with Gasteiger partial charge < -0.3 is 5.43 Å². The molecule has 0 atom stereocenters. The Morgan fingerprint density at radius 2 is 2.12 bits per heavy atom. The topological polar surface area (TPSA) is 71.3 Å². The minimum absolute atomic E-state index is 0.0700. The summed E-state index contributed by atoms with van der Waals surface area (Å²) in [5, 5.41) is 12.8. The maximum atomic E-state index is 10.8. The largest absolute Gasteiger partial charge is 0.312 e. The summed E-state index contributed by atoms with van der Waals surface area (Å²) in [5.74, 6) is 0. The monoisotopic (exact) mass is 222 g/mol. The van der Waals surface area contributed by atoms with Gasteiger partial charge in [-0.3, -0.25) is 15.1 Å². The zero-order chi connectivity index (χ0) is 11.4. The van der Waals surface area contributed by atoms with Crippen LogP contribution in [0.1, 0.15) is 19.3 Å². The summed E-state index contributed by atoms with van der Waals surface area (Å²) in [6.07, 6.45) is 6.40. The minimum Gasteiger partial charge on any atom is -0.312 e. The molecule has 1 saturated heterocycles. The van der Waals surface area contributed by atoms with Gasteiger partial charge in [-0.25, -0.2) is 5.01 Å². The Balaban J connectivity index is 2.10. The maximum Gasteiger partial charge on any atom is 0.296 e. The third-order valence-electron chi connectivity index (χ3n) is 2.63. The third kappa shape index (κ3) is 2.46. The standard InChI is InChI=1S/C10H14N4O2/c15-14(16)10-4-5-11-8-9(10)12-13-6-2-1-3-7-13/h4-5,8,12H,1-3,6-7H2. The zero-order valence-corrected chi connectivity index (χ0v) is 8.93. The lowest BCUT2D eigenvalue weighted by Crippen LogP contribution is -2.35. The van der Waals surface area contributed by atoms with Crippen LogP contribution in [0.3, 0.4) is 0 Å². The number of hydrazine groups is 1. The van der Waals surface area contributed by atoms with Crippen LogP contribution >= 0.6 is 0 Å². The Morgan fingerprint density at radius 1 is 1.38 bits per heavy atom. The molecule has 0 spiro atoms. The molecule has 0 radical (unpaired) electrons. The predicted molar refractivity (Wildman–Crippen MR) is 59.9 cm³/mol. The highest BCUT2D eigenvalue weighted by Crippen LogP contribution is 2.23. The average Bonchev–Trinajstić information content (AvgIpc) is 2.31. The molecule has 0 unspecified atom stereocenters.